The molecule has 0 aliphatic carbocycles. The fraction of sp³-hybridized carbons (Fsp3) is 0.0588. The minimum absolute atomic E-state index is 0.573. The largest absolute Gasteiger partial charge is 0.326 e. The van der Waals surface area contributed by atoms with Gasteiger partial charge in [-0.15, -0.1) is 0 Å². The van der Waals surface area contributed by atoms with E-state index in [-0.39, 0.29) is 0 Å². The lowest BCUT2D eigenvalue weighted by molar-refractivity contribution is 1.08. The maximum absolute atomic E-state index is 5.82. The second-order valence-electron chi connectivity index (χ2n) is 4.53. The van der Waals surface area contributed by atoms with Crippen LogP contribution in [0.4, 0.5) is 0 Å². The molecule has 0 fully saturated rings. The van der Waals surface area contributed by atoms with Crippen LogP contribution >= 0.6 is 27.7 Å². The highest BCUT2D eigenvalue weighted by Crippen LogP contribution is 2.35. The predicted octanol–water partition coefficient (Wildman–Crippen LogP) is 5.21. The summed E-state index contributed by atoms with van der Waals surface area (Å²) in [5.74, 6) is 0. The Morgan fingerprint density at radius 2 is 1.55 bits per heavy atom. The molecule has 0 saturated heterocycles. The van der Waals surface area contributed by atoms with E-state index in [1.807, 2.05) is 0 Å². The lowest BCUT2D eigenvalue weighted by Crippen LogP contribution is -1.97. The highest BCUT2D eigenvalue weighted by molar-refractivity contribution is 9.10. The zero-order chi connectivity index (χ0) is 13.9. The van der Waals surface area contributed by atoms with Crippen LogP contribution in [0.1, 0.15) is 5.56 Å². The Labute approximate surface area is 131 Å². The van der Waals surface area contributed by atoms with Crippen LogP contribution in [0, 0.1) is 0 Å². The number of hydrogen-bond acceptors (Lipinski definition) is 2. The molecule has 0 aromatic heterocycles. The Hall–Kier alpha value is -1.29. The number of rotatable bonds is 3. The number of nitrogens with two attached hydrogens (primary N) is 1. The van der Waals surface area contributed by atoms with Gasteiger partial charge < -0.3 is 5.73 Å². The first-order valence-electron chi connectivity index (χ1n) is 6.42. The molecule has 1 nitrogen and oxygen atoms in total. The molecule has 3 aromatic rings. The number of hydrogen-bond donors (Lipinski definition) is 1. The van der Waals surface area contributed by atoms with E-state index in [1.165, 1.54) is 26.1 Å². The molecule has 100 valence electrons. The zero-order valence-electron chi connectivity index (χ0n) is 10.8. The van der Waals surface area contributed by atoms with Gasteiger partial charge in [0.25, 0.3) is 0 Å². The maximum Gasteiger partial charge on any atom is 0.0201 e. The molecule has 0 heterocycles. The summed E-state index contributed by atoms with van der Waals surface area (Å²) in [4.78, 5) is 2.50. The Morgan fingerprint density at radius 1 is 0.850 bits per heavy atom. The smallest absolute Gasteiger partial charge is 0.0201 e. The van der Waals surface area contributed by atoms with Gasteiger partial charge in [0, 0.05) is 20.8 Å². The fourth-order valence-electron chi connectivity index (χ4n) is 2.23. The summed E-state index contributed by atoms with van der Waals surface area (Å²) >= 11 is 5.25. The second kappa shape index (κ2) is 6.00. The van der Waals surface area contributed by atoms with Gasteiger partial charge in [-0.2, -0.15) is 0 Å². The second-order valence-corrected chi connectivity index (χ2v) is 6.56. The molecule has 20 heavy (non-hydrogen) atoms. The van der Waals surface area contributed by atoms with Gasteiger partial charge in [-0.1, -0.05) is 58.0 Å². The van der Waals surface area contributed by atoms with Crippen LogP contribution < -0.4 is 5.73 Å². The van der Waals surface area contributed by atoms with Crippen molar-refractivity contribution < 1.29 is 0 Å². The molecule has 0 unspecified atom stereocenters. The van der Waals surface area contributed by atoms with Gasteiger partial charge in [-0.25, -0.2) is 0 Å². The van der Waals surface area contributed by atoms with Crippen LogP contribution in [0.3, 0.4) is 0 Å². The Balaban J connectivity index is 2.06. The minimum Gasteiger partial charge on any atom is -0.326 e. The first-order chi connectivity index (χ1) is 9.78. The molecular formula is C17H14BrNS. The summed E-state index contributed by atoms with van der Waals surface area (Å²) in [6, 6.07) is 21.1. The van der Waals surface area contributed by atoms with Crippen molar-refractivity contribution in [1.82, 2.24) is 0 Å². The van der Waals surface area contributed by atoms with Crippen molar-refractivity contribution in [3.63, 3.8) is 0 Å². The molecule has 3 aromatic carbocycles. The monoisotopic (exact) mass is 343 g/mol. The van der Waals surface area contributed by atoms with E-state index in [2.05, 4.69) is 76.6 Å². The van der Waals surface area contributed by atoms with Gasteiger partial charge in [0.05, 0.1) is 0 Å². The van der Waals surface area contributed by atoms with E-state index in [4.69, 9.17) is 5.73 Å². The molecule has 3 heteroatoms. The summed E-state index contributed by atoms with van der Waals surface area (Å²) in [7, 11) is 0. The van der Waals surface area contributed by atoms with Gasteiger partial charge in [-0.05, 0) is 46.7 Å². The molecule has 0 amide bonds. The molecule has 0 saturated carbocycles. The summed E-state index contributed by atoms with van der Waals surface area (Å²) < 4.78 is 1.10. The number of benzene rings is 3. The Bertz CT molecular complexity index is 738. The van der Waals surface area contributed by atoms with Gasteiger partial charge >= 0.3 is 0 Å². The van der Waals surface area contributed by atoms with Crippen molar-refractivity contribution >= 4 is 38.5 Å². The zero-order valence-corrected chi connectivity index (χ0v) is 13.2. The van der Waals surface area contributed by atoms with Crippen molar-refractivity contribution in [2.75, 3.05) is 0 Å². The van der Waals surface area contributed by atoms with Crippen LogP contribution in [0.15, 0.2) is 74.9 Å². The molecule has 0 radical (unpaired) electrons. The molecule has 0 aliphatic heterocycles. The van der Waals surface area contributed by atoms with Gasteiger partial charge in [0.15, 0.2) is 0 Å². The lowest BCUT2D eigenvalue weighted by atomic mass is 10.0. The van der Waals surface area contributed by atoms with E-state index < -0.39 is 0 Å². The molecular weight excluding hydrogens is 330 g/mol. The van der Waals surface area contributed by atoms with E-state index in [0.29, 0.717) is 6.54 Å². The summed E-state index contributed by atoms with van der Waals surface area (Å²) in [5.41, 5.74) is 7.02. The summed E-state index contributed by atoms with van der Waals surface area (Å²) in [6.07, 6.45) is 0. The normalized spacial score (nSPS) is 10.9. The maximum atomic E-state index is 5.82. The number of halogens is 1. The van der Waals surface area contributed by atoms with Crippen LogP contribution in [-0.4, -0.2) is 0 Å². The highest BCUT2D eigenvalue weighted by atomic mass is 79.9. The SMILES string of the molecule is NCc1ccc(Sc2ccc(Br)cc2)c2ccccc12. The molecule has 0 atom stereocenters. The third-order valence-electron chi connectivity index (χ3n) is 3.24. The molecule has 0 aliphatic rings. The first-order valence-corrected chi connectivity index (χ1v) is 8.03. The van der Waals surface area contributed by atoms with Crippen LogP contribution in [0.2, 0.25) is 0 Å². The van der Waals surface area contributed by atoms with Gasteiger partial charge in [-0.3, -0.25) is 0 Å². The minimum atomic E-state index is 0.573. The molecule has 0 spiro atoms. The van der Waals surface area contributed by atoms with Gasteiger partial charge in [0.2, 0.25) is 0 Å². The van der Waals surface area contributed by atoms with E-state index in [9.17, 15) is 0 Å². The number of fused-ring (bicyclic) bond motifs is 1. The quantitative estimate of drug-likeness (QED) is 0.706. The fourth-order valence-corrected chi connectivity index (χ4v) is 3.44. The van der Waals surface area contributed by atoms with E-state index in [0.717, 1.165) is 4.47 Å². The summed E-state index contributed by atoms with van der Waals surface area (Å²) in [5, 5.41) is 2.51. The van der Waals surface area contributed by atoms with E-state index >= 15 is 0 Å². The first kappa shape index (κ1) is 13.7. The van der Waals surface area contributed by atoms with Crippen molar-refractivity contribution in [3.8, 4) is 0 Å². The summed E-state index contributed by atoms with van der Waals surface area (Å²) in [6.45, 7) is 0.573. The van der Waals surface area contributed by atoms with Crippen LogP contribution in [-0.2, 0) is 6.54 Å². The van der Waals surface area contributed by atoms with Crippen molar-refractivity contribution in [1.29, 1.82) is 0 Å². The molecule has 2 N–H and O–H groups in total. The molecule has 0 bridgehead atoms. The van der Waals surface area contributed by atoms with Gasteiger partial charge in [0.1, 0.15) is 0 Å². The third kappa shape index (κ3) is 2.75. The average molecular weight is 344 g/mol. The van der Waals surface area contributed by atoms with Crippen LogP contribution in [0.5, 0.6) is 0 Å². The average Bonchev–Trinajstić information content (AvgIpc) is 2.50. The topological polar surface area (TPSA) is 26.0 Å². The lowest BCUT2D eigenvalue weighted by Gasteiger charge is -2.10. The van der Waals surface area contributed by atoms with Crippen molar-refractivity contribution in [2.45, 2.75) is 16.3 Å². The standard InChI is InChI=1S/C17H14BrNS/c18-13-6-8-14(9-7-13)20-17-10-5-12(11-19)15-3-1-2-4-16(15)17/h1-10H,11,19H2. The third-order valence-corrected chi connectivity index (χ3v) is 4.85. The van der Waals surface area contributed by atoms with Crippen molar-refractivity contribution in [2.24, 2.45) is 5.73 Å². The van der Waals surface area contributed by atoms with Crippen LogP contribution in [0.25, 0.3) is 10.8 Å². The van der Waals surface area contributed by atoms with Crippen molar-refractivity contribution in [3.05, 3.63) is 70.7 Å². The highest BCUT2D eigenvalue weighted by Gasteiger charge is 2.06. The van der Waals surface area contributed by atoms with E-state index in [1.54, 1.807) is 11.8 Å². The Morgan fingerprint density at radius 3 is 2.25 bits per heavy atom. The Kier molecular flexibility index (Phi) is 4.10. The predicted molar refractivity (Wildman–Crippen MR) is 90.1 cm³/mol. The molecule has 3 rings (SSSR count).